The Hall–Kier alpha value is -1.40. The van der Waals surface area contributed by atoms with E-state index in [4.69, 9.17) is 0 Å². The second-order valence-electron chi connectivity index (χ2n) is 5.15. The first-order valence-corrected chi connectivity index (χ1v) is 8.02. The van der Waals surface area contributed by atoms with Crippen LogP contribution in [0.1, 0.15) is 31.7 Å². The molecule has 0 saturated heterocycles. The molecule has 1 aliphatic carbocycles. The molecule has 1 saturated carbocycles. The van der Waals surface area contributed by atoms with Crippen LogP contribution in [-0.2, 0) is 0 Å². The van der Waals surface area contributed by atoms with Crippen molar-refractivity contribution in [3.05, 3.63) is 28.7 Å². The van der Waals surface area contributed by atoms with Crippen LogP contribution < -0.4 is 5.56 Å². The summed E-state index contributed by atoms with van der Waals surface area (Å²) in [4.78, 5) is 21.0. The van der Waals surface area contributed by atoms with Crippen LogP contribution in [0.3, 0.4) is 0 Å². The van der Waals surface area contributed by atoms with E-state index in [1.165, 1.54) is 11.8 Å². The number of aliphatic hydroxyl groups excluding tert-OH is 1. The molecule has 2 aromatic heterocycles. The Morgan fingerprint density at radius 2 is 2.25 bits per heavy atom. The van der Waals surface area contributed by atoms with E-state index in [0.29, 0.717) is 17.2 Å². The van der Waals surface area contributed by atoms with Crippen molar-refractivity contribution >= 4 is 22.8 Å². The highest BCUT2D eigenvalue weighted by Crippen LogP contribution is 2.29. The minimum absolute atomic E-state index is 0.0274. The number of aromatic nitrogens is 3. The van der Waals surface area contributed by atoms with Gasteiger partial charge < -0.3 is 5.11 Å². The van der Waals surface area contributed by atoms with Crippen molar-refractivity contribution in [2.24, 2.45) is 0 Å². The second-order valence-corrected chi connectivity index (χ2v) is 5.92. The van der Waals surface area contributed by atoms with Crippen LogP contribution in [0.25, 0.3) is 11.0 Å². The Bertz CT molecular complexity index is 686. The maximum absolute atomic E-state index is 12.3. The van der Waals surface area contributed by atoms with E-state index in [1.54, 1.807) is 22.9 Å². The molecule has 2 aromatic rings. The van der Waals surface area contributed by atoms with Gasteiger partial charge in [-0.3, -0.25) is 9.36 Å². The van der Waals surface area contributed by atoms with E-state index in [9.17, 15) is 9.90 Å². The molecule has 1 fully saturated rings. The van der Waals surface area contributed by atoms with Crippen LogP contribution in [0.2, 0.25) is 0 Å². The largest absolute Gasteiger partial charge is 0.393 e. The van der Waals surface area contributed by atoms with Crippen LogP contribution in [0.4, 0.5) is 0 Å². The summed E-state index contributed by atoms with van der Waals surface area (Å²) in [6.45, 7) is 0. The minimum atomic E-state index is -0.322. The van der Waals surface area contributed by atoms with Gasteiger partial charge in [0.15, 0.2) is 5.16 Å². The summed E-state index contributed by atoms with van der Waals surface area (Å²) in [6, 6.07) is 3.35. The fourth-order valence-electron chi connectivity index (χ4n) is 2.85. The normalized spacial score (nSPS) is 23.1. The van der Waals surface area contributed by atoms with Crippen LogP contribution in [0.15, 0.2) is 28.3 Å². The molecule has 1 aliphatic rings. The first-order chi connectivity index (χ1) is 9.69. The molecule has 0 bridgehead atoms. The van der Waals surface area contributed by atoms with Gasteiger partial charge in [0.05, 0.1) is 6.10 Å². The zero-order valence-electron chi connectivity index (χ0n) is 11.3. The number of rotatable bonds is 2. The molecular formula is C14H17N3O2S. The second kappa shape index (κ2) is 5.54. The molecule has 0 radical (unpaired) electrons. The average Bonchev–Trinajstić information content (AvgIpc) is 2.46. The molecule has 6 heteroatoms. The zero-order valence-corrected chi connectivity index (χ0v) is 12.1. The van der Waals surface area contributed by atoms with Gasteiger partial charge in [-0.2, -0.15) is 0 Å². The van der Waals surface area contributed by atoms with E-state index in [2.05, 4.69) is 9.97 Å². The first-order valence-electron chi connectivity index (χ1n) is 6.79. The molecule has 1 N–H and O–H groups in total. The van der Waals surface area contributed by atoms with Crippen molar-refractivity contribution < 1.29 is 5.11 Å². The molecule has 0 amide bonds. The molecule has 3 rings (SSSR count). The van der Waals surface area contributed by atoms with Gasteiger partial charge in [0, 0.05) is 23.7 Å². The van der Waals surface area contributed by atoms with E-state index in [0.717, 1.165) is 24.6 Å². The summed E-state index contributed by atoms with van der Waals surface area (Å²) in [6.07, 6.45) is 6.64. The quantitative estimate of drug-likeness (QED) is 0.677. The smallest absolute Gasteiger partial charge is 0.252 e. The highest BCUT2D eigenvalue weighted by molar-refractivity contribution is 7.98. The van der Waals surface area contributed by atoms with Gasteiger partial charge in [-0.1, -0.05) is 11.8 Å². The summed E-state index contributed by atoms with van der Waals surface area (Å²) in [7, 11) is 0. The Balaban J connectivity index is 2.16. The van der Waals surface area contributed by atoms with Crippen molar-refractivity contribution in [2.75, 3.05) is 6.26 Å². The van der Waals surface area contributed by atoms with E-state index >= 15 is 0 Å². The number of nitrogens with zero attached hydrogens (tertiary/aromatic N) is 3. The van der Waals surface area contributed by atoms with Gasteiger partial charge in [0.25, 0.3) is 5.56 Å². The lowest BCUT2D eigenvalue weighted by atomic mass is 9.92. The van der Waals surface area contributed by atoms with E-state index in [-0.39, 0.29) is 17.7 Å². The fourth-order valence-corrected chi connectivity index (χ4v) is 3.18. The van der Waals surface area contributed by atoms with Gasteiger partial charge in [0.1, 0.15) is 5.65 Å². The fraction of sp³-hybridized carbons (Fsp3) is 0.500. The van der Waals surface area contributed by atoms with Gasteiger partial charge in [-0.25, -0.2) is 9.97 Å². The molecular weight excluding hydrogens is 274 g/mol. The molecule has 0 aromatic carbocycles. The summed E-state index contributed by atoms with van der Waals surface area (Å²) >= 11 is 1.46. The van der Waals surface area contributed by atoms with Gasteiger partial charge in [0.2, 0.25) is 0 Å². The zero-order chi connectivity index (χ0) is 14.1. The van der Waals surface area contributed by atoms with E-state index in [1.807, 2.05) is 6.26 Å². The van der Waals surface area contributed by atoms with Gasteiger partial charge >= 0.3 is 0 Å². The number of pyridine rings is 1. The Morgan fingerprint density at radius 3 is 3.00 bits per heavy atom. The lowest BCUT2D eigenvalue weighted by Crippen LogP contribution is -2.30. The van der Waals surface area contributed by atoms with Crippen molar-refractivity contribution in [1.82, 2.24) is 14.5 Å². The molecule has 2 heterocycles. The highest BCUT2D eigenvalue weighted by atomic mass is 32.2. The average molecular weight is 291 g/mol. The molecule has 20 heavy (non-hydrogen) atoms. The van der Waals surface area contributed by atoms with Crippen LogP contribution >= 0.6 is 11.8 Å². The summed E-state index contributed by atoms with van der Waals surface area (Å²) in [5.74, 6) is 0. The number of thioether (sulfide) groups is 1. The van der Waals surface area contributed by atoms with Crippen molar-refractivity contribution in [3.8, 4) is 0 Å². The molecule has 0 aliphatic heterocycles. The van der Waals surface area contributed by atoms with Crippen molar-refractivity contribution in [3.63, 3.8) is 0 Å². The molecule has 0 spiro atoms. The van der Waals surface area contributed by atoms with Crippen molar-refractivity contribution in [2.45, 2.75) is 43.0 Å². The Kier molecular flexibility index (Phi) is 3.76. The third-order valence-corrected chi connectivity index (χ3v) is 4.37. The molecule has 5 nitrogen and oxygen atoms in total. The van der Waals surface area contributed by atoms with Gasteiger partial charge in [-0.05, 0) is 38.0 Å². The van der Waals surface area contributed by atoms with Crippen LogP contribution in [0.5, 0.6) is 0 Å². The van der Waals surface area contributed by atoms with Crippen LogP contribution in [-0.4, -0.2) is 32.0 Å². The number of aliphatic hydroxyl groups is 1. The third kappa shape index (κ3) is 2.45. The lowest BCUT2D eigenvalue weighted by molar-refractivity contribution is 0.104. The standard InChI is InChI=1S/C14H17N3O2S/c1-20-14-15-8-9-5-6-12(19)17(13(9)16-14)10-3-2-4-11(18)7-10/h5-6,8,10-11,18H,2-4,7H2,1H3/t10-,11-/m1/s1. The van der Waals surface area contributed by atoms with Crippen molar-refractivity contribution in [1.29, 1.82) is 0 Å². The minimum Gasteiger partial charge on any atom is -0.393 e. The molecule has 106 valence electrons. The molecule has 0 unspecified atom stereocenters. The number of hydrogen-bond donors (Lipinski definition) is 1. The monoisotopic (exact) mass is 291 g/mol. The SMILES string of the molecule is CSc1ncc2ccc(=O)n([C@@H]3CCC[C@@H](O)C3)c2n1. The van der Waals surface area contributed by atoms with Crippen LogP contribution in [0, 0.1) is 0 Å². The predicted octanol–water partition coefficient (Wildman–Crippen LogP) is 1.99. The van der Waals surface area contributed by atoms with Gasteiger partial charge in [-0.15, -0.1) is 0 Å². The summed E-state index contributed by atoms with van der Waals surface area (Å²) in [5.41, 5.74) is 0.623. The Morgan fingerprint density at radius 1 is 1.40 bits per heavy atom. The maximum Gasteiger partial charge on any atom is 0.252 e. The third-order valence-electron chi connectivity index (χ3n) is 3.81. The van der Waals surface area contributed by atoms with E-state index < -0.39 is 0 Å². The lowest BCUT2D eigenvalue weighted by Gasteiger charge is -2.28. The first kappa shape index (κ1) is 13.6. The topological polar surface area (TPSA) is 68.0 Å². The highest BCUT2D eigenvalue weighted by Gasteiger charge is 2.24. The number of fused-ring (bicyclic) bond motifs is 1. The molecule has 2 atom stereocenters. The Labute approximate surface area is 121 Å². The summed E-state index contributed by atoms with van der Waals surface area (Å²) < 4.78 is 1.74. The predicted molar refractivity (Wildman–Crippen MR) is 79.1 cm³/mol. The maximum atomic E-state index is 12.3. The number of hydrogen-bond acceptors (Lipinski definition) is 5. The summed E-state index contributed by atoms with van der Waals surface area (Å²) in [5, 5.41) is 11.4.